The quantitative estimate of drug-likeness (QED) is 0.667. The van der Waals surface area contributed by atoms with Crippen LogP contribution < -0.4 is 14.9 Å². The Bertz CT molecular complexity index is 715. The minimum absolute atomic E-state index is 0.129. The van der Waals surface area contributed by atoms with Crippen molar-refractivity contribution in [2.24, 2.45) is 5.10 Å². The number of para-hydroxylation sites is 2. The summed E-state index contributed by atoms with van der Waals surface area (Å²) in [7, 11) is 0. The molecule has 2 aromatic carbocycles. The Hall–Kier alpha value is -3.02. The first-order valence-corrected chi connectivity index (χ1v) is 6.73. The van der Waals surface area contributed by atoms with Crippen molar-refractivity contribution in [3.05, 3.63) is 54.1 Å². The Morgan fingerprint density at radius 2 is 2.05 bits per heavy atom. The number of rotatable bonds is 3. The molecule has 0 radical (unpaired) electrons. The van der Waals surface area contributed by atoms with E-state index in [9.17, 15) is 9.90 Å². The van der Waals surface area contributed by atoms with Crippen LogP contribution in [0.5, 0.6) is 17.2 Å². The third-order valence-corrected chi connectivity index (χ3v) is 3.06. The number of aromatic hydroxyl groups is 1. The molecule has 0 saturated heterocycles. The van der Waals surface area contributed by atoms with Gasteiger partial charge in [0.2, 0.25) is 6.10 Å². The average Bonchev–Trinajstić information content (AvgIpc) is 2.54. The van der Waals surface area contributed by atoms with Crippen LogP contribution in [0.3, 0.4) is 0 Å². The van der Waals surface area contributed by atoms with Gasteiger partial charge in [0.1, 0.15) is 12.4 Å². The second-order valence-corrected chi connectivity index (χ2v) is 4.69. The second-order valence-electron chi connectivity index (χ2n) is 4.69. The molecule has 2 N–H and O–H groups in total. The number of hydrazone groups is 1. The highest BCUT2D eigenvalue weighted by molar-refractivity contribution is 5.85. The highest BCUT2D eigenvalue weighted by Crippen LogP contribution is 2.30. The molecule has 0 saturated carbocycles. The smallest absolute Gasteiger partial charge is 0.284 e. The molecule has 0 bridgehead atoms. The fourth-order valence-electron chi connectivity index (χ4n) is 2.00. The molecule has 22 heavy (non-hydrogen) atoms. The van der Waals surface area contributed by atoms with E-state index in [1.807, 2.05) is 12.1 Å². The molecule has 3 rings (SSSR count). The first-order valence-electron chi connectivity index (χ1n) is 6.73. The van der Waals surface area contributed by atoms with E-state index in [0.717, 1.165) is 0 Å². The Balaban J connectivity index is 1.59. The lowest BCUT2D eigenvalue weighted by atomic mass is 10.2. The fraction of sp³-hybridized carbons (Fsp3) is 0.125. The molecule has 112 valence electrons. The van der Waals surface area contributed by atoms with Gasteiger partial charge in [-0.05, 0) is 29.8 Å². The van der Waals surface area contributed by atoms with E-state index in [4.69, 9.17) is 9.47 Å². The molecule has 1 aliphatic rings. The van der Waals surface area contributed by atoms with Crippen LogP contribution in [0.2, 0.25) is 0 Å². The first kappa shape index (κ1) is 13.9. The number of carbonyl (C=O) groups is 1. The number of hydrogen-bond acceptors (Lipinski definition) is 5. The average molecular weight is 298 g/mol. The lowest BCUT2D eigenvalue weighted by Gasteiger charge is -2.24. The zero-order valence-electron chi connectivity index (χ0n) is 11.6. The van der Waals surface area contributed by atoms with Crippen molar-refractivity contribution in [2.45, 2.75) is 6.10 Å². The normalized spacial score (nSPS) is 16.5. The lowest BCUT2D eigenvalue weighted by Crippen LogP contribution is -2.42. The van der Waals surface area contributed by atoms with Crippen LogP contribution in [0.25, 0.3) is 0 Å². The highest BCUT2D eigenvalue weighted by atomic mass is 16.6. The van der Waals surface area contributed by atoms with Crippen LogP contribution in [-0.4, -0.2) is 29.9 Å². The van der Waals surface area contributed by atoms with Crippen LogP contribution in [0, 0.1) is 0 Å². The number of phenols is 1. The second kappa shape index (κ2) is 6.17. The highest BCUT2D eigenvalue weighted by Gasteiger charge is 2.26. The van der Waals surface area contributed by atoms with Gasteiger partial charge in [0, 0.05) is 0 Å². The van der Waals surface area contributed by atoms with Crippen molar-refractivity contribution in [1.82, 2.24) is 5.43 Å². The molecular weight excluding hydrogens is 284 g/mol. The van der Waals surface area contributed by atoms with Crippen LogP contribution in [0.1, 0.15) is 5.56 Å². The van der Waals surface area contributed by atoms with E-state index in [1.54, 1.807) is 30.3 Å². The number of hydrogen-bond donors (Lipinski definition) is 2. The van der Waals surface area contributed by atoms with Crippen molar-refractivity contribution >= 4 is 12.1 Å². The number of amides is 1. The van der Waals surface area contributed by atoms with Crippen LogP contribution in [0.4, 0.5) is 0 Å². The summed E-state index contributed by atoms with van der Waals surface area (Å²) in [6, 6.07) is 13.7. The minimum atomic E-state index is -0.753. The standard InChI is InChI=1S/C16H14N2O4/c19-12-5-3-4-11(8-12)9-17-18-16(20)15-10-21-13-6-1-2-7-14(13)22-15/h1-9,15,19H,10H2,(H,18,20)/b17-9-. The maximum Gasteiger partial charge on any atom is 0.284 e. The van der Waals surface area contributed by atoms with Crippen molar-refractivity contribution in [1.29, 1.82) is 0 Å². The number of nitrogens with one attached hydrogen (secondary N) is 1. The van der Waals surface area contributed by atoms with Gasteiger partial charge in [0.15, 0.2) is 11.5 Å². The van der Waals surface area contributed by atoms with E-state index in [-0.39, 0.29) is 12.4 Å². The summed E-state index contributed by atoms with van der Waals surface area (Å²) in [6.07, 6.45) is 0.686. The largest absolute Gasteiger partial charge is 0.508 e. The summed E-state index contributed by atoms with van der Waals surface area (Å²) in [5.74, 6) is 0.891. The van der Waals surface area contributed by atoms with Gasteiger partial charge < -0.3 is 14.6 Å². The number of nitrogens with zero attached hydrogens (tertiary/aromatic N) is 1. The molecule has 1 heterocycles. The summed E-state index contributed by atoms with van der Waals surface area (Å²) in [5.41, 5.74) is 3.07. The predicted octanol–water partition coefficient (Wildman–Crippen LogP) is 1.68. The molecule has 1 atom stereocenters. The summed E-state index contributed by atoms with van der Waals surface area (Å²) in [4.78, 5) is 12.0. The third kappa shape index (κ3) is 3.17. The third-order valence-electron chi connectivity index (χ3n) is 3.06. The molecule has 6 heteroatoms. The van der Waals surface area contributed by atoms with Gasteiger partial charge in [-0.25, -0.2) is 5.43 Å². The van der Waals surface area contributed by atoms with Gasteiger partial charge in [-0.3, -0.25) is 4.79 Å². The summed E-state index contributed by atoms with van der Waals surface area (Å²) in [5, 5.41) is 13.2. The van der Waals surface area contributed by atoms with Crippen molar-refractivity contribution < 1.29 is 19.4 Å². The SMILES string of the molecule is O=C(N/N=C\c1cccc(O)c1)C1COc2ccccc2O1. The Morgan fingerprint density at radius 1 is 1.23 bits per heavy atom. The Labute approximate surface area is 127 Å². The minimum Gasteiger partial charge on any atom is -0.508 e. The number of ether oxygens (including phenoxy) is 2. The van der Waals surface area contributed by atoms with E-state index in [1.165, 1.54) is 12.3 Å². The summed E-state index contributed by atoms with van der Waals surface area (Å²) in [6.45, 7) is 0.129. The van der Waals surface area contributed by atoms with E-state index in [0.29, 0.717) is 17.1 Å². The number of benzene rings is 2. The molecule has 0 aliphatic carbocycles. The number of fused-ring (bicyclic) bond motifs is 1. The van der Waals surface area contributed by atoms with Crippen molar-refractivity contribution in [2.75, 3.05) is 6.61 Å². The maximum atomic E-state index is 12.0. The molecular formula is C16H14N2O4. The first-order chi connectivity index (χ1) is 10.7. The van der Waals surface area contributed by atoms with E-state index >= 15 is 0 Å². The van der Waals surface area contributed by atoms with Crippen molar-refractivity contribution in [3.63, 3.8) is 0 Å². The van der Waals surface area contributed by atoms with Crippen LogP contribution in [0.15, 0.2) is 53.6 Å². The van der Waals surface area contributed by atoms with Gasteiger partial charge in [-0.2, -0.15) is 5.10 Å². The molecule has 2 aromatic rings. The number of carbonyl (C=O) groups excluding carboxylic acids is 1. The topological polar surface area (TPSA) is 80.2 Å². The van der Waals surface area contributed by atoms with Crippen LogP contribution >= 0.6 is 0 Å². The molecule has 1 unspecified atom stereocenters. The van der Waals surface area contributed by atoms with Crippen molar-refractivity contribution in [3.8, 4) is 17.2 Å². The Morgan fingerprint density at radius 3 is 2.86 bits per heavy atom. The van der Waals surface area contributed by atoms with E-state index < -0.39 is 12.0 Å². The zero-order valence-corrected chi connectivity index (χ0v) is 11.6. The molecule has 0 fully saturated rings. The molecule has 6 nitrogen and oxygen atoms in total. The fourth-order valence-corrected chi connectivity index (χ4v) is 2.00. The predicted molar refractivity (Wildman–Crippen MR) is 80.2 cm³/mol. The van der Waals surface area contributed by atoms with Gasteiger partial charge in [0.25, 0.3) is 5.91 Å². The molecule has 1 aliphatic heterocycles. The summed E-state index contributed by atoms with van der Waals surface area (Å²) < 4.78 is 11.0. The van der Waals surface area contributed by atoms with E-state index in [2.05, 4.69) is 10.5 Å². The molecule has 0 spiro atoms. The molecule has 1 amide bonds. The maximum absolute atomic E-state index is 12.0. The van der Waals surface area contributed by atoms with Gasteiger partial charge in [-0.15, -0.1) is 0 Å². The monoisotopic (exact) mass is 298 g/mol. The Kier molecular flexibility index (Phi) is 3.91. The summed E-state index contributed by atoms with van der Waals surface area (Å²) >= 11 is 0. The zero-order chi connectivity index (χ0) is 15.4. The molecule has 0 aromatic heterocycles. The number of phenolic OH excluding ortho intramolecular Hbond substituents is 1. The van der Waals surface area contributed by atoms with Crippen LogP contribution in [-0.2, 0) is 4.79 Å². The van der Waals surface area contributed by atoms with Gasteiger partial charge >= 0.3 is 0 Å². The van der Waals surface area contributed by atoms with Gasteiger partial charge in [0.05, 0.1) is 6.21 Å². The lowest BCUT2D eigenvalue weighted by molar-refractivity contribution is -0.130. The van der Waals surface area contributed by atoms with Gasteiger partial charge in [-0.1, -0.05) is 24.3 Å².